The van der Waals surface area contributed by atoms with Gasteiger partial charge in [0.15, 0.2) is 0 Å². The molecule has 1 N–H and O–H groups in total. The van der Waals surface area contributed by atoms with Crippen molar-refractivity contribution in [3.8, 4) is 5.75 Å². The minimum Gasteiger partial charge on any atom is -0.495 e. The summed E-state index contributed by atoms with van der Waals surface area (Å²) in [6, 6.07) is 5.67. The van der Waals surface area contributed by atoms with Crippen molar-refractivity contribution in [3.05, 3.63) is 18.2 Å². The summed E-state index contributed by atoms with van der Waals surface area (Å²) in [6.45, 7) is 6.00. The molecule has 0 aliphatic carbocycles. The molecular formula is C15H26N2O2. The van der Waals surface area contributed by atoms with Gasteiger partial charge in [0.2, 0.25) is 5.91 Å². The molecule has 0 aromatic heterocycles. The van der Waals surface area contributed by atoms with Crippen molar-refractivity contribution in [1.82, 2.24) is 0 Å². The molecule has 0 aliphatic heterocycles. The maximum absolute atomic E-state index is 11.8. The van der Waals surface area contributed by atoms with Gasteiger partial charge in [-0.3, -0.25) is 4.79 Å². The lowest BCUT2D eigenvalue weighted by Gasteiger charge is -2.19. The molecule has 0 aliphatic rings. The number of ether oxygens (including phenoxy) is 1. The number of methoxy groups -OCH3 is 1. The second-order valence-electron chi connectivity index (χ2n) is 3.84. The Morgan fingerprint density at radius 1 is 1.37 bits per heavy atom. The first-order valence-corrected chi connectivity index (χ1v) is 6.76. The molecule has 1 amide bonds. The average Bonchev–Trinajstić information content (AvgIpc) is 2.48. The van der Waals surface area contributed by atoms with Gasteiger partial charge in [0.25, 0.3) is 0 Å². The van der Waals surface area contributed by atoms with Crippen LogP contribution in [0.5, 0.6) is 5.75 Å². The van der Waals surface area contributed by atoms with E-state index in [1.54, 1.807) is 19.1 Å². The van der Waals surface area contributed by atoms with Crippen LogP contribution in [-0.4, -0.2) is 27.1 Å². The van der Waals surface area contributed by atoms with E-state index >= 15 is 0 Å². The van der Waals surface area contributed by atoms with Gasteiger partial charge in [0, 0.05) is 32.3 Å². The van der Waals surface area contributed by atoms with Gasteiger partial charge >= 0.3 is 0 Å². The number of carbonyl (C=O) groups is 1. The fourth-order valence-corrected chi connectivity index (χ4v) is 1.62. The van der Waals surface area contributed by atoms with Crippen LogP contribution < -0.4 is 15.0 Å². The highest BCUT2D eigenvalue weighted by atomic mass is 16.5. The molecule has 1 aromatic carbocycles. The number of hydrogen-bond acceptors (Lipinski definition) is 3. The third kappa shape index (κ3) is 4.81. The molecule has 1 aromatic rings. The predicted octanol–water partition coefficient (Wildman–Crippen LogP) is 3.53. The van der Waals surface area contributed by atoms with Crippen LogP contribution in [-0.2, 0) is 4.79 Å². The molecule has 0 spiro atoms. The molecule has 4 nitrogen and oxygen atoms in total. The SMILES string of the molecule is CC.CCCC(=O)N(C)c1ccc(NC)c(OC)c1. The van der Waals surface area contributed by atoms with Gasteiger partial charge in [0.05, 0.1) is 12.8 Å². The quantitative estimate of drug-likeness (QED) is 0.886. The predicted molar refractivity (Wildman–Crippen MR) is 82.2 cm³/mol. The van der Waals surface area contributed by atoms with Gasteiger partial charge in [-0.15, -0.1) is 0 Å². The molecular weight excluding hydrogens is 240 g/mol. The molecule has 0 fully saturated rings. The summed E-state index contributed by atoms with van der Waals surface area (Å²) in [5, 5.41) is 3.04. The van der Waals surface area contributed by atoms with Gasteiger partial charge in [-0.2, -0.15) is 0 Å². The Hall–Kier alpha value is -1.71. The summed E-state index contributed by atoms with van der Waals surface area (Å²) in [5.74, 6) is 0.855. The zero-order chi connectivity index (χ0) is 14.8. The Morgan fingerprint density at radius 2 is 2.00 bits per heavy atom. The van der Waals surface area contributed by atoms with Gasteiger partial charge in [0.1, 0.15) is 5.75 Å². The van der Waals surface area contributed by atoms with Crippen LogP contribution in [0.1, 0.15) is 33.6 Å². The molecule has 0 saturated heterocycles. The van der Waals surface area contributed by atoms with Crippen molar-refractivity contribution in [3.63, 3.8) is 0 Å². The minimum atomic E-state index is 0.117. The largest absolute Gasteiger partial charge is 0.495 e. The lowest BCUT2D eigenvalue weighted by atomic mass is 10.2. The topological polar surface area (TPSA) is 41.6 Å². The van der Waals surface area contributed by atoms with E-state index in [0.29, 0.717) is 6.42 Å². The molecule has 0 bridgehead atoms. The molecule has 1 rings (SSSR count). The monoisotopic (exact) mass is 266 g/mol. The number of nitrogens with zero attached hydrogens (tertiary/aromatic N) is 1. The Bertz CT molecular complexity index is 392. The number of hydrogen-bond donors (Lipinski definition) is 1. The third-order valence-corrected chi connectivity index (χ3v) is 2.68. The highest BCUT2D eigenvalue weighted by molar-refractivity contribution is 5.93. The highest BCUT2D eigenvalue weighted by Crippen LogP contribution is 2.29. The average molecular weight is 266 g/mol. The first kappa shape index (κ1) is 17.3. The van der Waals surface area contributed by atoms with Crippen LogP contribution in [0.2, 0.25) is 0 Å². The normalized spacial score (nSPS) is 9.16. The highest BCUT2D eigenvalue weighted by Gasteiger charge is 2.11. The van der Waals surface area contributed by atoms with E-state index in [1.807, 2.05) is 46.0 Å². The summed E-state index contributed by atoms with van der Waals surface area (Å²) in [6.07, 6.45) is 1.42. The summed E-state index contributed by atoms with van der Waals surface area (Å²) in [5.41, 5.74) is 1.76. The zero-order valence-corrected chi connectivity index (χ0v) is 12.9. The van der Waals surface area contributed by atoms with Crippen LogP contribution in [0, 0.1) is 0 Å². The second kappa shape index (κ2) is 9.25. The number of rotatable bonds is 5. The smallest absolute Gasteiger partial charge is 0.226 e. The van der Waals surface area contributed by atoms with Gasteiger partial charge in [-0.05, 0) is 18.6 Å². The Morgan fingerprint density at radius 3 is 2.47 bits per heavy atom. The van der Waals surface area contributed by atoms with Crippen LogP contribution in [0.3, 0.4) is 0 Å². The lowest BCUT2D eigenvalue weighted by Crippen LogP contribution is -2.25. The molecule has 4 heteroatoms. The molecule has 0 heterocycles. The van der Waals surface area contributed by atoms with Crippen molar-refractivity contribution in [2.75, 3.05) is 31.4 Å². The molecule has 108 valence electrons. The summed E-state index contributed by atoms with van der Waals surface area (Å²) in [4.78, 5) is 13.4. The Balaban J connectivity index is 0.00000154. The van der Waals surface area contributed by atoms with E-state index in [-0.39, 0.29) is 5.91 Å². The number of nitrogens with one attached hydrogen (secondary N) is 1. The fraction of sp³-hybridized carbons (Fsp3) is 0.533. The van der Waals surface area contributed by atoms with Gasteiger partial charge in [-0.25, -0.2) is 0 Å². The van der Waals surface area contributed by atoms with Gasteiger partial charge < -0.3 is 15.0 Å². The van der Waals surface area contributed by atoms with E-state index in [9.17, 15) is 4.79 Å². The maximum Gasteiger partial charge on any atom is 0.226 e. The zero-order valence-electron chi connectivity index (χ0n) is 12.9. The molecule has 19 heavy (non-hydrogen) atoms. The Kier molecular flexibility index (Phi) is 8.42. The van der Waals surface area contributed by atoms with E-state index in [4.69, 9.17) is 4.74 Å². The molecule has 0 radical (unpaired) electrons. The number of carbonyl (C=O) groups excluding carboxylic acids is 1. The molecule has 0 saturated carbocycles. The van der Waals surface area contributed by atoms with E-state index in [2.05, 4.69) is 5.32 Å². The second-order valence-corrected chi connectivity index (χ2v) is 3.84. The van der Waals surface area contributed by atoms with Crippen molar-refractivity contribution < 1.29 is 9.53 Å². The minimum absolute atomic E-state index is 0.117. The first-order valence-electron chi connectivity index (χ1n) is 6.76. The fourth-order valence-electron chi connectivity index (χ4n) is 1.62. The molecule has 0 unspecified atom stereocenters. The van der Waals surface area contributed by atoms with E-state index in [1.165, 1.54) is 0 Å². The Labute approximate surface area is 116 Å². The van der Waals surface area contributed by atoms with Crippen LogP contribution >= 0.6 is 0 Å². The first-order chi connectivity index (χ1) is 9.13. The van der Waals surface area contributed by atoms with Crippen molar-refractivity contribution in [1.29, 1.82) is 0 Å². The summed E-state index contributed by atoms with van der Waals surface area (Å²) < 4.78 is 5.27. The van der Waals surface area contributed by atoms with Crippen molar-refractivity contribution in [2.45, 2.75) is 33.6 Å². The standard InChI is InChI=1S/C13H20N2O2.C2H6/c1-5-6-13(16)15(3)10-7-8-11(14-2)12(9-10)17-4;1-2/h7-9,14H,5-6H2,1-4H3;1-2H3. The van der Waals surface area contributed by atoms with E-state index in [0.717, 1.165) is 23.5 Å². The van der Waals surface area contributed by atoms with Crippen molar-refractivity contribution in [2.24, 2.45) is 0 Å². The summed E-state index contributed by atoms with van der Waals surface area (Å²) >= 11 is 0. The van der Waals surface area contributed by atoms with Crippen molar-refractivity contribution >= 4 is 17.3 Å². The van der Waals surface area contributed by atoms with Crippen LogP contribution in [0.15, 0.2) is 18.2 Å². The van der Waals surface area contributed by atoms with Gasteiger partial charge in [-0.1, -0.05) is 20.8 Å². The lowest BCUT2D eigenvalue weighted by molar-refractivity contribution is -0.118. The summed E-state index contributed by atoms with van der Waals surface area (Å²) in [7, 11) is 5.24. The number of benzene rings is 1. The van der Waals surface area contributed by atoms with Crippen LogP contribution in [0.25, 0.3) is 0 Å². The van der Waals surface area contributed by atoms with Crippen LogP contribution in [0.4, 0.5) is 11.4 Å². The third-order valence-electron chi connectivity index (χ3n) is 2.68. The number of amides is 1. The van der Waals surface area contributed by atoms with E-state index < -0.39 is 0 Å². The number of anilines is 2. The molecule has 0 atom stereocenters. The maximum atomic E-state index is 11.8.